The molecule has 0 saturated heterocycles. The van der Waals surface area contributed by atoms with Crippen molar-refractivity contribution < 1.29 is 4.39 Å². The molecule has 0 fully saturated rings. The first-order valence-electron chi connectivity index (χ1n) is 5.62. The zero-order valence-electron chi connectivity index (χ0n) is 9.89. The number of nitrogens with two attached hydrogens (primary N) is 1. The van der Waals surface area contributed by atoms with Gasteiger partial charge in [-0.25, -0.2) is 4.39 Å². The fourth-order valence-corrected chi connectivity index (χ4v) is 2.14. The molecular formula is C14H12FN3. The number of benzene rings is 1. The van der Waals surface area contributed by atoms with Crippen LogP contribution in [0.25, 0.3) is 22.3 Å². The summed E-state index contributed by atoms with van der Waals surface area (Å²) >= 11 is 0. The van der Waals surface area contributed by atoms with Gasteiger partial charge >= 0.3 is 0 Å². The van der Waals surface area contributed by atoms with Gasteiger partial charge in [0.2, 0.25) is 0 Å². The normalized spacial score (nSPS) is 11.0. The van der Waals surface area contributed by atoms with Crippen LogP contribution in [0, 0.1) is 5.82 Å². The topological polar surface area (TPSA) is 43.8 Å². The monoisotopic (exact) mass is 241 g/mol. The molecule has 0 unspecified atom stereocenters. The Bertz CT molecular complexity index is 731. The number of nitrogens with zero attached hydrogens (tertiary/aromatic N) is 2. The molecule has 18 heavy (non-hydrogen) atoms. The Labute approximate surface area is 104 Å². The fraction of sp³-hybridized carbons (Fsp3) is 0.0714. The van der Waals surface area contributed by atoms with Gasteiger partial charge in [-0.3, -0.25) is 4.98 Å². The Morgan fingerprint density at radius 2 is 2.00 bits per heavy atom. The molecular weight excluding hydrogens is 229 g/mol. The maximum atomic E-state index is 13.2. The summed E-state index contributed by atoms with van der Waals surface area (Å²) in [6.45, 7) is 0. The lowest BCUT2D eigenvalue weighted by Gasteiger charge is -2.04. The van der Waals surface area contributed by atoms with Crippen LogP contribution in [0.2, 0.25) is 0 Å². The average Bonchev–Trinajstić information content (AvgIpc) is 2.67. The number of anilines is 1. The molecule has 0 atom stereocenters. The number of aryl methyl sites for hydroxylation is 1. The molecule has 0 aliphatic carbocycles. The minimum absolute atomic E-state index is 0.240. The van der Waals surface area contributed by atoms with Gasteiger partial charge in [-0.1, -0.05) is 0 Å². The van der Waals surface area contributed by atoms with Gasteiger partial charge in [0.15, 0.2) is 0 Å². The number of aromatic nitrogens is 2. The van der Waals surface area contributed by atoms with E-state index in [2.05, 4.69) is 4.98 Å². The molecule has 0 saturated carbocycles. The summed E-state index contributed by atoms with van der Waals surface area (Å²) in [6, 6.07) is 10.3. The number of pyridine rings is 1. The number of hydrogen-bond acceptors (Lipinski definition) is 2. The minimum Gasteiger partial charge on any atom is -0.399 e. The van der Waals surface area contributed by atoms with E-state index < -0.39 is 0 Å². The van der Waals surface area contributed by atoms with Crippen LogP contribution in [0.3, 0.4) is 0 Å². The van der Waals surface area contributed by atoms with Gasteiger partial charge in [0, 0.05) is 24.3 Å². The molecule has 3 nitrogen and oxygen atoms in total. The van der Waals surface area contributed by atoms with Gasteiger partial charge in [-0.2, -0.15) is 0 Å². The first kappa shape index (κ1) is 10.8. The lowest BCUT2D eigenvalue weighted by atomic mass is 10.2. The summed E-state index contributed by atoms with van der Waals surface area (Å²) in [5, 5.41) is 0.984. The Morgan fingerprint density at radius 3 is 2.78 bits per heavy atom. The lowest BCUT2D eigenvalue weighted by molar-refractivity contribution is 0.629. The van der Waals surface area contributed by atoms with Gasteiger partial charge in [-0.15, -0.1) is 0 Å². The van der Waals surface area contributed by atoms with Gasteiger partial charge < -0.3 is 10.3 Å². The van der Waals surface area contributed by atoms with Crippen molar-refractivity contribution >= 4 is 16.6 Å². The molecule has 0 aliphatic heterocycles. The van der Waals surface area contributed by atoms with E-state index in [-0.39, 0.29) is 5.82 Å². The lowest BCUT2D eigenvalue weighted by Crippen LogP contribution is -1.94. The van der Waals surface area contributed by atoms with Crippen LogP contribution in [0.4, 0.5) is 10.1 Å². The second kappa shape index (κ2) is 3.84. The van der Waals surface area contributed by atoms with Crippen LogP contribution in [0.15, 0.2) is 42.6 Å². The van der Waals surface area contributed by atoms with Crippen LogP contribution in [0.5, 0.6) is 0 Å². The van der Waals surface area contributed by atoms with Gasteiger partial charge in [0.1, 0.15) is 5.82 Å². The largest absolute Gasteiger partial charge is 0.399 e. The van der Waals surface area contributed by atoms with Gasteiger partial charge in [-0.05, 0) is 36.4 Å². The van der Waals surface area contributed by atoms with E-state index in [1.54, 1.807) is 18.3 Å². The van der Waals surface area contributed by atoms with E-state index >= 15 is 0 Å². The molecule has 0 radical (unpaired) electrons. The molecule has 0 bridgehead atoms. The SMILES string of the molecule is Cn1c(-c2cc(N)ccn2)cc2ccc(F)cc21. The van der Waals surface area contributed by atoms with Gasteiger partial charge in [0.05, 0.1) is 16.9 Å². The molecule has 90 valence electrons. The van der Waals surface area contributed by atoms with Crippen molar-refractivity contribution in [2.45, 2.75) is 0 Å². The Balaban J connectivity index is 2.27. The maximum absolute atomic E-state index is 13.2. The number of fused-ring (bicyclic) bond motifs is 1. The van der Waals surface area contributed by atoms with Crippen LogP contribution in [-0.4, -0.2) is 9.55 Å². The molecule has 0 spiro atoms. The molecule has 2 N–H and O–H groups in total. The molecule has 3 rings (SSSR count). The Morgan fingerprint density at radius 1 is 1.17 bits per heavy atom. The number of hydrogen-bond donors (Lipinski definition) is 1. The summed E-state index contributed by atoms with van der Waals surface area (Å²) in [5.74, 6) is -0.240. The molecule has 0 aliphatic rings. The molecule has 3 aromatic rings. The van der Waals surface area contributed by atoms with Crippen LogP contribution in [0.1, 0.15) is 0 Å². The summed E-state index contributed by atoms with van der Waals surface area (Å²) in [5.41, 5.74) is 8.97. The first-order valence-corrected chi connectivity index (χ1v) is 5.62. The zero-order chi connectivity index (χ0) is 12.7. The smallest absolute Gasteiger partial charge is 0.125 e. The number of nitrogen functional groups attached to an aromatic ring is 1. The van der Waals surface area contributed by atoms with E-state index in [0.717, 1.165) is 22.3 Å². The van der Waals surface area contributed by atoms with E-state index in [9.17, 15) is 4.39 Å². The quantitative estimate of drug-likeness (QED) is 0.711. The Hall–Kier alpha value is -2.36. The predicted octanol–water partition coefficient (Wildman–Crippen LogP) is 2.96. The number of halogens is 1. The molecule has 4 heteroatoms. The second-order valence-corrected chi connectivity index (χ2v) is 4.27. The minimum atomic E-state index is -0.240. The average molecular weight is 241 g/mol. The summed E-state index contributed by atoms with van der Waals surface area (Å²) in [4.78, 5) is 4.29. The van der Waals surface area contributed by atoms with Crippen LogP contribution in [-0.2, 0) is 7.05 Å². The van der Waals surface area contributed by atoms with Crippen molar-refractivity contribution in [2.75, 3.05) is 5.73 Å². The van der Waals surface area contributed by atoms with Crippen molar-refractivity contribution in [1.29, 1.82) is 0 Å². The summed E-state index contributed by atoms with van der Waals surface area (Å²) in [6.07, 6.45) is 1.67. The second-order valence-electron chi connectivity index (χ2n) is 4.27. The van der Waals surface area contributed by atoms with Crippen molar-refractivity contribution in [3.05, 3.63) is 48.4 Å². The highest BCUT2D eigenvalue weighted by Gasteiger charge is 2.09. The van der Waals surface area contributed by atoms with E-state index in [0.29, 0.717) is 5.69 Å². The highest BCUT2D eigenvalue weighted by molar-refractivity contribution is 5.86. The highest BCUT2D eigenvalue weighted by atomic mass is 19.1. The van der Waals surface area contributed by atoms with E-state index in [1.807, 2.05) is 23.7 Å². The number of rotatable bonds is 1. The molecule has 2 heterocycles. The van der Waals surface area contributed by atoms with Crippen LogP contribution >= 0.6 is 0 Å². The molecule has 0 amide bonds. The van der Waals surface area contributed by atoms with Crippen molar-refractivity contribution in [2.24, 2.45) is 7.05 Å². The first-order chi connectivity index (χ1) is 8.65. The third kappa shape index (κ3) is 1.62. The summed E-state index contributed by atoms with van der Waals surface area (Å²) in [7, 11) is 1.89. The molecule has 2 aromatic heterocycles. The zero-order valence-corrected chi connectivity index (χ0v) is 9.89. The third-order valence-corrected chi connectivity index (χ3v) is 3.05. The van der Waals surface area contributed by atoms with Crippen LogP contribution < -0.4 is 5.73 Å². The fourth-order valence-electron chi connectivity index (χ4n) is 2.14. The van der Waals surface area contributed by atoms with Crippen molar-refractivity contribution in [3.63, 3.8) is 0 Å². The van der Waals surface area contributed by atoms with Gasteiger partial charge in [0.25, 0.3) is 0 Å². The summed E-state index contributed by atoms with van der Waals surface area (Å²) < 4.78 is 15.2. The third-order valence-electron chi connectivity index (χ3n) is 3.05. The standard InChI is InChI=1S/C14H12FN3/c1-18-13-7-10(15)3-2-9(13)6-14(18)12-8-11(16)4-5-17-12/h2-8H,1H3,(H2,16,17). The van der Waals surface area contributed by atoms with Crippen molar-refractivity contribution in [1.82, 2.24) is 9.55 Å². The molecule has 1 aromatic carbocycles. The van der Waals surface area contributed by atoms with E-state index in [1.165, 1.54) is 12.1 Å². The predicted molar refractivity (Wildman–Crippen MR) is 70.5 cm³/mol. The van der Waals surface area contributed by atoms with E-state index in [4.69, 9.17) is 5.73 Å². The maximum Gasteiger partial charge on any atom is 0.125 e. The highest BCUT2D eigenvalue weighted by Crippen LogP contribution is 2.27. The van der Waals surface area contributed by atoms with Crippen molar-refractivity contribution in [3.8, 4) is 11.4 Å². The Kier molecular flexibility index (Phi) is 2.30.